The summed E-state index contributed by atoms with van der Waals surface area (Å²) in [6, 6.07) is -0.914. The molecule has 7 heteroatoms. The van der Waals surface area contributed by atoms with E-state index in [9.17, 15) is 23.1 Å². The Bertz CT molecular complexity index is 482. The van der Waals surface area contributed by atoms with Gasteiger partial charge in [0, 0.05) is 24.9 Å². The molecule has 2 bridgehead atoms. The number of alkyl halides is 3. The average Bonchev–Trinajstić information content (AvgIpc) is 2.33. The van der Waals surface area contributed by atoms with E-state index in [1.807, 2.05) is 0 Å². The zero-order valence-electron chi connectivity index (χ0n) is 13.7. The van der Waals surface area contributed by atoms with Crippen molar-refractivity contribution in [1.82, 2.24) is 4.90 Å². The van der Waals surface area contributed by atoms with Crippen molar-refractivity contribution in [2.45, 2.75) is 82.3 Å². The van der Waals surface area contributed by atoms with Gasteiger partial charge in [0.2, 0.25) is 0 Å². The fourth-order valence-electron chi connectivity index (χ4n) is 3.55. The van der Waals surface area contributed by atoms with Crippen LogP contribution in [0.5, 0.6) is 0 Å². The standard InChI is InChI=1S/C16H24F3NO3/c1-10(16(17,18)19)15(22)8-11-6-5-7-12(9-15)20(11)13(21)23-14(2,3)4/h11-12,22H,1,5-9H2,2-4H3. The number of carbonyl (C=O) groups excluding carboxylic acids is 1. The maximum absolute atomic E-state index is 13.0. The third kappa shape index (κ3) is 3.82. The molecule has 0 saturated carbocycles. The fraction of sp³-hybridized carbons (Fsp3) is 0.812. The highest BCUT2D eigenvalue weighted by atomic mass is 19.4. The molecule has 4 nitrogen and oxygen atoms in total. The lowest BCUT2D eigenvalue weighted by atomic mass is 9.72. The highest BCUT2D eigenvalue weighted by Crippen LogP contribution is 2.46. The van der Waals surface area contributed by atoms with Crippen LogP contribution < -0.4 is 0 Å². The molecule has 2 rings (SSSR count). The molecule has 0 aliphatic carbocycles. The summed E-state index contributed by atoms with van der Waals surface area (Å²) in [4.78, 5) is 13.9. The Morgan fingerprint density at radius 3 is 2.09 bits per heavy atom. The molecule has 132 valence electrons. The molecular formula is C16H24F3NO3. The van der Waals surface area contributed by atoms with Gasteiger partial charge in [0.25, 0.3) is 0 Å². The molecule has 23 heavy (non-hydrogen) atoms. The van der Waals surface area contributed by atoms with E-state index in [0.29, 0.717) is 12.8 Å². The quantitative estimate of drug-likeness (QED) is 0.742. The number of nitrogens with zero attached hydrogens (tertiary/aromatic N) is 1. The number of piperidine rings is 2. The first kappa shape index (κ1) is 18.1. The summed E-state index contributed by atoms with van der Waals surface area (Å²) < 4.78 is 44.3. The van der Waals surface area contributed by atoms with Crippen molar-refractivity contribution in [1.29, 1.82) is 0 Å². The van der Waals surface area contributed by atoms with Crippen molar-refractivity contribution in [2.24, 2.45) is 0 Å². The van der Waals surface area contributed by atoms with Crippen LogP contribution in [0, 0.1) is 0 Å². The van der Waals surface area contributed by atoms with Crippen LogP contribution in [0.25, 0.3) is 0 Å². The van der Waals surface area contributed by atoms with Crippen LogP contribution in [0.4, 0.5) is 18.0 Å². The fourth-order valence-corrected chi connectivity index (χ4v) is 3.55. The predicted molar refractivity (Wildman–Crippen MR) is 78.9 cm³/mol. The lowest BCUT2D eigenvalue weighted by Gasteiger charge is -2.52. The van der Waals surface area contributed by atoms with Gasteiger partial charge in [-0.15, -0.1) is 0 Å². The highest BCUT2D eigenvalue weighted by Gasteiger charge is 2.54. The van der Waals surface area contributed by atoms with Gasteiger partial charge in [-0.2, -0.15) is 13.2 Å². The van der Waals surface area contributed by atoms with Gasteiger partial charge in [-0.05, 0) is 40.0 Å². The molecule has 2 saturated heterocycles. The van der Waals surface area contributed by atoms with E-state index in [2.05, 4.69) is 6.58 Å². The first-order valence-electron chi connectivity index (χ1n) is 7.84. The van der Waals surface area contributed by atoms with E-state index >= 15 is 0 Å². The zero-order valence-corrected chi connectivity index (χ0v) is 13.7. The van der Waals surface area contributed by atoms with Crippen LogP contribution in [0.1, 0.15) is 52.9 Å². The van der Waals surface area contributed by atoms with E-state index in [1.54, 1.807) is 20.8 Å². The summed E-state index contributed by atoms with van der Waals surface area (Å²) >= 11 is 0. The SMILES string of the molecule is C=C(C(F)(F)F)C1(O)CC2CCCC(C1)N2C(=O)OC(C)(C)C. The molecule has 2 heterocycles. The molecule has 0 aromatic heterocycles. The smallest absolute Gasteiger partial charge is 0.414 e. The Morgan fingerprint density at radius 2 is 1.70 bits per heavy atom. The monoisotopic (exact) mass is 335 g/mol. The topological polar surface area (TPSA) is 49.8 Å². The summed E-state index contributed by atoms with van der Waals surface area (Å²) in [5.74, 6) is 0. The van der Waals surface area contributed by atoms with Gasteiger partial charge in [-0.1, -0.05) is 6.58 Å². The first-order chi connectivity index (χ1) is 10.3. The normalized spacial score (nSPS) is 31.7. The largest absolute Gasteiger partial charge is 0.444 e. The number of hydrogen-bond donors (Lipinski definition) is 1. The lowest BCUT2D eigenvalue weighted by molar-refractivity contribution is -0.142. The van der Waals surface area contributed by atoms with Crippen LogP contribution in [0.15, 0.2) is 12.2 Å². The van der Waals surface area contributed by atoms with Gasteiger partial charge in [0.15, 0.2) is 0 Å². The molecule has 0 aromatic carbocycles. The van der Waals surface area contributed by atoms with Gasteiger partial charge < -0.3 is 14.7 Å². The van der Waals surface area contributed by atoms with E-state index < -0.39 is 41.1 Å². The first-order valence-corrected chi connectivity index (χ1v) is 7.84. The van der Waals surface area contributed by atoms with E-state index in [4.69, 9.17) is 4.74 Å². The van der Waals surface area contributed by atoms with E-state index in [-0.39, 0.29) is 12.8 Å². The molecule has 2 aliphatic heterocycles. The summed E-state index contributed by atoms with van der Waals surface area (Å²) in [5.41, 5.74) is -3.80. The second kappa shape index (κ2) is 5.69. The summed E-state index contributed by atoms with van der Waals surface area (Å²) in [7, 11) is 0. The third-order valence-corrected chi connectivity index (χ3v) is 4.52. The summed E-state index contributed by atoms with van der Waals surface area (Å²) in [6.45, 7) is 8.30. The maximum Gasteiger partial charge on any atom is 0.414 e. The lowest BCUT2D eigenvalue weighted by Crippen LogP contribution is -2.61. The maximum atomic E-state index is 13.0. The Balaban J connectivity index is 2.21. The van der Waals surface area contributed by atoms with Gasteiger partial charge in [-0.25, -0.2) is 4.79 Å². The van der Waals surface area contributed by atoms with Crippen LogP contribution in [0.2, 0.25) is 0 Å². The minimum atomic E-state index is -4.64. The minimum absolute atomic E-state index is 0.152. The number of carbonyl (C=O) groups is 1. The van der Waals surface area contributed by atoms with Crippen molar-refractivity contribution in [3.8, 4) is 0 Å². The second-order valence-electron chi connectivity index (χ2n) is 7.54. The molecule has 1 amide bonds. The van der Waals surface area contributed by atoms with Crippen molar-refractivity contribution in [3.05, 3.63) is 12.2 Å². The third-order valence-electron chi connectivity index (χ3n) is 4.52. The van der Waals surface area contributed by atoms with Crippen LogP contribution >= 0.6 is 0 Å². The van der Waals surface area contributed by atoms with Crippen molar-refractivity contribution in [3.63, 3.8) is 0 Å². The Kier molecular flexibility index (Phi) is 4.47. The molecule has 0 aromatic rings. The molecule has 2 unspecified atom stereocenters. The van der Waals surface area contributed by atoms with Gasteiger partial charge >= 0.3 is 12.3 Å². The van der Waals surface area contributed by atoms with Crippen molar-refractivity contribution in [2.75, 3.05) is 0 Å². The van der Waals surface area contributed by atoms with Crippen molar-refractivity contribution < 1.29 is 27.8 Å². The Hall–Kier alpha value is -1.24. The molecule has 2 aliphatic rings. The zero-order chi connectivity index (χ0) is 17.6. The number of hydrogen-bond acceptors (Lipinski definition) is 3. The number of aliphatic hydroxyl groups is 1. The van der Waals surface area contributed by atoms with Crippen LogP contribution in [-0.4, -0.2) is 45.6 Å². The second-order valence-corrected chi connectivity index (χ2v) is 7.54. The molecule has 0 spiro atoms. The number of rotatable bonds is 1. The molecule has 2 fully saturated rings. The van der Waals surface area contributed by atoms with E-state index in [1.165, 1.54) is 4.90 Å². The molecule has 1 N–H and O–H groups in total. The average molecular weight is 335 g/mol. The molecule has 2 atom stereocenters. The number of ether oxygens (including phenoxy) is 1. The number of halogens is 3. The summed E-state index contributed by atoms with van der Waals surface area (Å²) in [6.07, 6.45) is -3.53. The molecular weight excluding hydrogens is 311 g/mol. The number of amides is 1. The van der Waals surface area contributed by atoms with Crippen LogP contribution in [0.3, 0.4) is 0 Å². The van der Waals surface area contributed by atoms with Crippen LogP contribution in [-0.2, 0) is 4.74 Å². The minimum Gasteiger partial charge on any atom is -0.444 e. The Morgan fingerprint density at radius 1 is 1.22 bits per heavy atom. The van der Waals surface area contributed by atoms with E-state index in [0.717, 1.165) is 6.42 Å². The molecule has 0 radical (unpaired) electrons. The summed E-state index contributed by atoms with van der Waals surface area (Å²) in [5, 5.41) is 10.5. The van der Waals surface area contributed by atoms with Gasteiger partial charge in [-0.3, -0.25) is 0 Å². The van der Waals surface area contributed by atoms with Crippen molar-refractivity contribution >= 4 is 6.09 Å². The predicted octanol–water partition coefficient (Wildman–Crippen LogP) is 3.79. The number of fused-ring (bicyclic) bond motifs is 2. The van der Waals surface area contributed by atoms with Gasteiger partial charge in [0.05, 0.1) is 11.2 Å². The van der Waals surface area contributed by atoms with Gasteiger partial charge in [0.1, 0.15) is 5.60 Å². The highest BCUT2D eigenvalue weighted by molar-refractivity contribution is 5.69. The Labute approximate surface area is 134 Å².